The molecule has 1 aliphatic heterocycles. The molecule has 1 saturated heterocycles. The Balaban J connectivity index is 1.78. The maximum atomic E-state index is 10.00. The van der Waals surface area contributed by atoms with Gasteiger partial charge in [-0.1, -0.05) is 30.3 Å². The summed E-state index contributed by atoms with van der Waals surface area (Å²) in [5.74, 6) is 0. The number of rotatable bonds is 5. The fourth-order valence-corrected chi connectivity index (χ4v) is 2.44. The fourth-order valence-electron chi connectivity index (χ4n) is 2.44. The number of aliphatic hydroxyl groups excluding tert-OH is 4. The van der Waals surface area contributed by atoms with Crippen molar-refractivity contribution in [1.29, 1.82) is 0 Å². The smallest absolute Gasteiger partial charge is 0.111 e. The molecular formula is C15H22O5. The minimum absolute atomic E-state index is 0.0195. The molecule has 1 aromatic carbocycles. The zero-order valence-corrected chi connectivity index (χ0v) is 11.3. The molecule has 5 nitrogen and oxygen atoms in total. The molecule has 1 aromatic rings. The van der Waals surface area contributed by atoms with E-state index in [1.54, 1.807) is 0 Å². The maximum absolute atomic E-state index is 10.00. The van der Waals surface area contributed by atoms with Gasteiger partial charge in [0.15, 0.2) is 0 Å². The molecule has 0 aliphatic carbocycles. The van der Waals surface area contributed by atoms with E-state index in [1.165, 1.54) is 0 Å². The predicted molar refractivity (Wildman–Crippen MR) is 73.1 cm³/mol. The molecule has 0 bridgehead atoms. The minimum atomic E-state index is -1.21. The van der Waals surface area contributed by atoms with Gasteiger partial charge in [-0.3, -0.25) is 0 Å². The third kappa shape index (κ3) is 4.01. The second-order valence-electron chi connectivity index (χ2n) is 5.33. The molecule has 5 atom stereocenters. The van der Waals surface area contributed by atoms with Crippen LogP contribution in [0, 0.1) is 0 Å². The van der Waals surface area contributed by atoms with Crippen molar-refractivity contribution < 1.29 is 25.2 Å². The van der Waals surface area contributed by atoms with Crippen LogP contribution in [0.3, 0.4) is 0 Å². The lowest BCUT2D eigenvalue weighted by Crippen LogP contribution is -2.53. The Hall–Kier alpha value is -0.980. The summed E-state index contributed by atoms with van der Waals surface area (Å²) in [4.78, 5) is 0. The lowest BCUT2D eigenvalue weighted by molar-refractivity contribution is -0.193. The summed E-state index contributed by atoms with van der Waals surface area (Å²) in [5, 5.41) is 38.7. The van der Waals surface area contributed by atoms with Crippen LogP contribution in [0.15, 0.2) is 30.3 Å². The molecule has 5 heteroatoms. The predicted octanol–water partition coefficient (Wildman–Crippen LogP) is -0.148. The summed E-state index contributed by atoms with van der Waals surface area (Å²) in [7, 11) is 0. The van der Waals surface area contributed by atoms with Crippen LogP contribution >= 0.6 is 0 Å². The van der Waals surface area contributed by atoms with E-state index < -0.39 is 30.5 Å². The molecule has 0 saturated carbocycles. The van der Waals surface area contributed by atoms with E-state index >= 15 is 0 Å². The van der Waals surface area contributed by atoms with Gasteiger partial charge in [-0.15, -0.1) is 0 Å². The first kappa shape index (κ1) is 15.4. The number of aliphatic hydroxyl groups is 4. The molecular weight excluding hydrogens is 260 g/mol. The van der Waals surface area contributed by atoms with Crippen molar-refractivity contribution in [3.05, 3.63) is 35.9 Å². The SMILES string of the molecule is OC(CCc1ccccc1)CC1OC[C@@H](O)[C@H](O)[C@H]1O. The molecule has 1 fully saturated rings. The Morgan fingerprint density at radius 1 is 1.10 bits per heavy atom. The Labute approximate surface area is 118 Å². The topological polar surface area (TPSA) is 90.2 Å². The minimum Gasteiger partial charge on any atom is -0.393 e. The molecule has 112 valence electrons. The normalized spacial score (nSPS) is 32.0. The van der Waals surface area contributed by atoms with Gasteiger partial charge in [0.25, 0.3) is 0 Å². The lowest BCUT2D eigenvalue weighted by Gasteiger charge is -2.36. The summed E-state index contributed by atoms with van der Waals surface area (Å²) in [6.45, 7) is -0.0195. The van der Waals surface area contributed by atoms with Gasteiger partial charge in [0.1, 0.15) is 18.3 Å². The van der Waals surface area contributed by atoms with Crippen molar-refractivity contribution in [2.45, 2.75) is 49.8 Å². The highest BCUT2D eigenvalue weighted by Crippen LogP contribution is 2.20. The van der Waals surface area contributed by atoms with Crippen molar-refractivity contribution in [2.24, 2.45) is 0 Å². The number of ether oxygens (including phenoxy) is 1. The molecule has 4 N–H and O–H groups in total. The zero-order chi connectivity index (χ0) is 14.5. The second-order valence-corrected chi connectivity index (χ2v) is 5.33. The van der Waals surface area contributed by atoms with Crippen LogP contribution in [0.25, 0.3) is 0 Å². The van der Waals surface area contributed by atoms with Crippen LogP contribution in [0.1, 0.15) is 18.4 Å². The number of hydrogen-bond donors (Lipinski definition) is 4. The van der Waals surface area contributed by atoms with E-state index in [-0.39, 0.29) is 13.0 Å². The Morgan fingerprint density at radius 2 is 1.80 bits per heavy atom. The van der Waals surface area contributed by atoms with Gasteiger partial charge in [0.05, 0.1) is 18.8 Å². The first-order valence-electron chi connectivity index (χ1n) is 6.95. The molecule has 1 heterocycles. The molecule has 0 aromatic heterocycles. The first-order valence-corrected chi connectivity index (χ1v) is 6.95. The highest BCUT2D eigenvalue weighted by atomic mass is 16.5. The Bertz CT molecular complexity index is 397. The second kappa shape index (κ2) is 7.15. The fraction of sp³-hybridized carbons (Fsp3) is 0.600. The van der Waals surface area contributed by atoms with Crippen LogP contribution in [-0.2, 0) is 11.2 Å². The third-order valence-electron chi connectivity index (χ3n) is 3.72. The van der Waals surface area contributed by atoms with Gasteiger partial charge in [-0.25, -0.2) is 0 Å². The van der Waals surface area contributed by atoms with Gasteiger partial charge in [-0.05, 0) is 18.4 Å². The van der Waals surface area contributed by atoms with E-state index in [0.29, 0.717) is 6.42 Å². The molecule has 20 heavy (non-hydrogen) atoms. The van der Waals surface area contributed by atoms with Crippen LogP contribution in [0.4, 0.5) is 0 Å². The molecule has 2 rings (SSSR count). The zero-order valence-electron chi connectivity index (χ0n) is 11.3. The van der Waals surface area contributed by atoms with Crippen molar-refractivity contribution >= 4 is 0 Å². The average molecular weight is 282 g/mol. The molecule has 0 radical (unpaired) electrons. The van der Waals surface area contributed by atoms with Gasteiger partial charge in [-0.2, -0.15) is 0 Å². The van der Waals surface area contributed by atoms with Crippen LogP contribution in [-0.4, -0.2) is 57.6 Å². The monoisotopic (exact) mass is 282 g/mol. The Kier molecular flexibility index (Phi) is 5.51. The van der Waals surface area contributed by atoms with Gasteiger partial charge < -0.3 is 25.2 Å². The van der Waals surface area contributed by atoms with E-state index in [0.717, 1.165) is 12.0 Å². The molecule has 0 amide bonds. The molecule has 1 aliphatic rings. The molecule has 2 unspecified atom stereocenters. The summed E-state index contributed by atoms with van der Waals surface area (Å²) < 4.78 is 5.28. The largest absolute Gasteiger partial charge is 0.393 e. The number of hydrogen-bond acceptors (Lipinski definition) is 5. The van der Waals surface area contributed by atoms with Crippen molar-refractivity contribution in [2.75, 3.05) is 6.61 Å². The van der Waals surface area contributed by atoms with E-state index in [4.69, 9.17) is 4.74 Å². The van der Waals surface area contributed by atoms with Crippen LogP contribution < -0.4 is 0 Å². The summed E-state index contributed by atoms with van der Waals surface area (Å²) >= 11 is 0. The van der Waals surface area contributed by atoms with Gasteiger partial charge in [0, 0.05) is 6.42 Å². The van der Waals surface area contributed by atoms with Crippen molar-refractivity contribution in [3.63, 3.8) is 0 Å². The van der Waals surface area contributed by atoms with E-state index in [9.17, 15) is 20.4 Å². The Morgan fingerprint density at radius 3 is 2.50 bits per heavy atom. The van der Waals surface area contributed by atoms with Crippen molar-refractivity contribution in [3.8, 4) is 0 Å². The average Bonchev–Trinajstić information content (AvgIpc) is 2.47. The summed E-state index contributed by atoms with van der Waals surface area (Å²) in [6, 6.07) is 9.84. The van der Waals surface area contributed by atoms with Gasteiger partial charge in [0.2, 0.25) is 0 Å². The number of aryl methyl sites for hydroxylation is 1. The summed E-state index contributed by atoms with van der Waals surface area (Å²) in [5.41, 5.74) is 1.15. The van der Waals surface area contributed by atoms with Crippen LogP contribution in [0.2, 0.25) is 0 Å². The highest BCUT2D eigenvalue weighted by Gasteiger charge is 2.38. The first-order chi connectivity index (χ1) is 9.58. The maximum Gasteiger partial charge on any atom is 0.111 e. The van der Waals surface area contributed by atoms with Crippen molar-refractivity contribution in [1.82, 2.24) is 0 Å². The summed E-state index contributed by atoms with van der Waals surface area (Å²) in [6.07, 6.45) is -3.14. The molecule has 0 spiro atoms. The highest BCUT2D eigenvalue weighted by molar-refractivity contribution is 5.14. The quantitative estimate of drug-likeness (QED) is 0.603. The lowest BCUT2D eigenvalue weighted by atomic mass is 9.94. The van der Waals surface area contributed by atoms with E-state index in [1.807, 2.05) is 30.3 Å². The third-order valence-corrected chi connectivity index (χ3v) is 3.72. The van der Waals surface area contributed by atoms with Crippen LogP contribution in [0.5, 0.6) is 0 Å². The van der Waals surface area contributed by atoms with E-state index in [2.05, 4.69) is 0 Å². The number of benzene rings is 1. The standard InChI is InChI=1S/C15H22O5/c16-11(7-6-10-4-2-1-3-5-10)8-13-15(19)14(18)12(17)9-20-13/h1-5,11-19H,6-9H2/t11?,12-,13?,14+,15+/m1/s1. The van der Waals surface area contributed by atoms with Gasteiger partial charge >= 0.3 is 0 Å².